The van der Waals surface area contributed by atoms with Gasteiger partial charge in [0.05, 0.1) is 25.0 Å². The molecule has 23 heavy (non-hydrogen) atoms. The Bertz CT molecular complexity index is 584. The second kappa shape index (κ2) is 8.49. The summed E-state index contributed by atoms with van der Waals surface area (Å²) >= 11 is 0. The number of benzene rings is 1. The molecule has 0 aliphatic heterocycles. The molecule has 1 aromatic carbocycles. The second-order valence-electron chi connectivity index (χ2n) is 4.31. The Morgan fingerprint density at radius 1 is 1.13 bits per heavy atom. The van der Waals surface area contributed by atoms with Gasteiger partial charge in [0, 0.05) is 18.8 Å². The molecule has 0 radical (unpaired) electrons. The van der Waals surface area contributed by atoms with E-state index in [1.54, 1.807) is 0 Å². The molecule has 0 fully saturated rings. The van der Waals surface area contributed by atoms with Crippen LogP contribution in [-0.4, -0.2) is 30.4 Å². The van der Waals surface area contributed by atoms with Gasteiger partial charge in [0.25, 0.3) is 0 Å². The fourth-order valence-corrected chi connectivity index (χ4v) is 1.63. The summed E-state index contributed by atoms with van der Waals surface area (Å²) in [5, 5.41) is 19.6. The van der Waals surface area contributed by atoms with E-state index in [1.165, 1.54) is 17.0 Å². The summed E-state index contributed by atoms with van der Waals surface area (Å²) in [6.45, 7) is 0.304. The van der Waals surface area contributed by atoms with E-state index in [0.717, 1.165) is 12.1 Å². The molecule has 1 N–H and O–H groups in total. The largest absolute Gasteiger partial charge is 0.573 e. The summed E-state index contributed by atoms with van der Waals surface area (Å²) < 4.78 is 39.8. The fraction of sp³-hybridized carbons (Fsp3) is 0.357. The van der Waals surface area contributed by atoms with Crippen molar-refractivity contribution >= 4 is 11.7 Å². The Morgan fingerprint density at radius 2 is 1.65 bits per heavy atom. The maximum atomic E-state index is 12.0. The lowest BCUT2D eigenvalue weighted by Gasteiger charge is -2.21. The number of nitriles is 2. The van der Waals surface area contributed by atoms with Crippen molar-refractivity contribution in [3.05, 3.63) is 24.3 Å². The average molecular weight is 326 g/mol. The van der Waals surface area contributed by atoms with Gasteiger partial charge < -0.3 is 15.0 Å². The van der Waals surface area contributed by atoms with E-state index in [1.807, 2.05) is 12.1 Å². The molecule has 1 aromatic rings. The predicted octanol–water partition coefficient (Wildman–Crippen LogP) is 3.25. The topological polar surface area (TPSA) is 89.2 Å². The van der Waals surface area contributed by atoms with E-state index < -0.39 is 18.1 Å². The van der Waals surface area contributed by atoms with Crippen LogP contribution in [0.5, 0.6) is 5.75 Å². The van der Waals surface area contributed by atoms with Gasteiger partial charge in [-0.2, -0.15) is 10.5 Å². The molecule has 0 heterocycles. The third kappa shape index (κ3) is 7.05. The average Bonchev–Trinajstić information content (AvgIpc) is 2.48. The van der Waals surface area contributed by atoms with Crippen molar-refractivity contribution in [3.63, 3.8) is 0 Å². The third-order valence-electron chi connectivity index (χ3n) is 2.61. The number of anilines is 1. The number of hydrogen-bond acceptors (Lipinski definition) is 4. The standard InChI is InChI=1S/C14H13F3N4O2/c15-14(16,17)23-12-5-3-11(4-6-12)20-13(22)21(9-1-7-18)10-2-8-19/h3-6H,1-2,9-10H2,(H,20,22). The third-order valence-corrected chi connectivity index (χ3v) is 2.61. The number of ether oxygens (including phenoxy) is 1. The molecule has 0 unspecified atom stereocenters. The smallest absolute Gasteiger partial charge is 0.406 e. The number of carbonyl (C=O) groups is 1. The van der Waals surface area contributed by atoms with Crippen molar-refractivity contribution in [2.75, 3.05) is 18.4 Å². The van der Waals surface area contributed by atoms with Gasteiger partial charge in [-0.15, -0.1) is 13.2 Å². The minimum absolute atomic E-state index is 0.108. The quantitative estimate of drug-likeness (QED) is 0.869. The number of alkyl halides is 3. The van der Waals surface area contributed by atoms with Gasteiger partial charge in [-0.1, -0.05) is 0 Å². The number of carbonyl (C=O) groups excluding carboxylic acids is 1. The van der Waals surface area contributed by atoms with Crippen LogP contribution in [0.1, 0.15) is 12.8 Å². The molecule has 0 aliphatic rings. The van der Waals surface area contributed by atoms with E-state index in [9.17, 15) is 18.0 Å². The van der Waals surface area contributed by atoms with Crippen molar-refractivity contribution in [1.82, 2.24) is 4.90 Å². The first-order chi connectivity index (χ1) is 10.9. The number of amides is 2. The van der Waals surface area contributed by atoms with Gasteiger partial charge in [-0.3, -0.25) is 0 Å². The van der Waals surface area contributed by atoms with E-state index in [4.69, 9.17) is 10.5 Å². The first kappa shape index (κ1) is 18.1. The van der Waals surface area contributed by atoms with Crippen molar-refractivity contribution in [2.45, 2.75) is 19.2 Å². The van der Waals surface area contributed by atoms with E-state index in [2.05, 4.69) is 10.1 Å². The number of urea groups is 1. The van der Waals surface area contributed by atoms with Crippen LogP contribution in [-0.2, 0) is 0 Å². The molecule has 0 aromatic heterocycles. The van der Waals surface area contributed by atoms with Gasteiger partial charge in [0.1, 0.15) is 5.75 Å². The van der Waals surface area contributed by atoms with Gasteiger partial charge in [-0.05, 0) is 24.3 Å². The Balaban J connectivity index is 2.67. The monoisotopic (exact) mass is 326 g/mol. The van der Waals surface area contributed by atoms with Crippen LogP contribution in [0.15, 0.2) is 24.3 Å². The van der Waals surface area contributed by atoms with Gasteiger partial charge >= 0.3 is 12.4 Å². The first-order valence-electron chi connectivity index (χ1n) is 6.51. The summed E-state index contributed by atoms with van der Waals surface area (Å²) in [5.74, 6) is -0.402. The van der Waals surface area contributed by atoms with Gasteiger partial charge in [0.15, 0.2) is 0 Å². The Kier molecular flexibility index (Phi) is 6.68. The first-order valence-corrected chi connectivity index (χ1v) is 6.51. The molecule has 9 heteroatoms. The molecule has 0 bridgehead atoms. The number of nitrogens with one attached hydrogen (secondary N) is 1. The van der Waals surface area contributed by atoms with Crippen LogP contribution in [0.4, 0.5) is 23.7 Å². The highest BCUT2D eigenvalue weighted by atomic mass is 19.4. The Hall–Kier alpha value is -2.94. The minimum Gasteiger partial charge on any atom is -0.406 e. The van der Waals surface area contributed by atoms with Crippen LogP contribution in [0, 0.1) is 22.7 Å². The summed E-state index contributed by atoms with van der Waals surface area (Å²) in [4.78, 5) is 13.3. The summed E-state index contributed by atoms with van der Waals surface area (Å²) in [6.07, 6.45) is -4.56. The van der Waals surface area contributed by atoms with Crippen molar-refractivity contribution < 1.29 is 22.7 Å². The lowest BCUT2D eigenvalue weighted by atomic mass is 10.3. The summed E-state index contributed by atoms with van der Waals surface area (Å²) in [7, 11) is 0. The maximum Gasteiger partial charge on any atom is 0.573 e. The number of hydrogen-bond donors (Lipinski definition) is 1. The van der Waals surface area contributed by atoms with E-state index >= 15 is 0 Å². The minimum atomic E-state index is -4.78. The van der Waals surface area contributed by atoms with Gasteiger partial charge in [0.2, 0.25) is 0 Å². The van der Waals surface area contributed by atoms with Crippen LogP contribution in [0.3, 0.4) is 0 Å². The van der Waals surface area contributed by atoms with Crippen LogP contribution in [0.25, 0.3) is 0 Å². The SMILES string of the molecule is N#CCCN(CCC#N)C(=O)Nc1ccc(OC(F)(F)F)cc1. The zero-order chi connectivity index (χ0) is 17.3. The molecule has 6 nitrogen and oxygen atoms in total. The molecule has 0 spiro atoms. The number of rotatable bonds is 6. The normalized spacial score (nSPS) is 10.3. The second-order valence-corrected chi connectivity index (χ2v) is 4.31. The molecule has 0 saturated heterocycles. The molecule has 2 amide bonds. The summed E-state index contributed by atoms with van der Waals surface area (Å²) in [5.41, 5.74) is 0.267. The van der Waals surface area contributed by atoms with E-state index in [-0.39, 0.29) is 31.6 Å². The van der Waals surface area contributed by atoms with Crippen LogP contribution < -0.4 is 10.1 Å². The Morgan fingerprint density at radius 3 is 2.09 bits per heavy atom. The number of nitrogens with zero attached hydrogens (tertiary/aromatic N) is 3. The van der Waals surface area contributed by atoms with Crippen LogP contribution in [0.2, 0.25) is 0 Å². The molecule has 122 valence electrons. The molecule has 0 aliphatic carbocycles. The van der Waals surface area contributed by atoms with Crippen molar-refractivity contribution in [2.24, 2.45) is 0 Å². The zero-order valence-corrected chi connectivity index (χ0v) is 11.9. The van der Waals surface area contributed by atoms with Crippen molar-refractivity contribution in [1.29, 1.82) is 10.5 Å². The molecular formula is C14H13F3N4O2. The maximum absolute atomic E-state index is 12.0. The number of halogens is 3. The van der Waals surface area contributed by atoms with E-state index in [0.29, 0.717) is 0 Å². The van der Waals surface area contributed by atoms with Gasteiger partial charge in [-0.25, -0.2) is 4.79 Å². The highest BCUT2D eigenvalue weighted by Crippen LogP contribution is 2.24. The molecule has 0 saturated carbocycles. The zero-order valence-electron chi connectivity index (χ0n) is 11.9. The van der Waals surface area contributed by atoms with Crippen LogP contribution >= 0.6 is 0 Å². The lowest BCUT2D eigenvalue weighted by molar-refractivity contribution is -0.274. The van der Waals surface area contributed by atoms with Crippen molar-refractivity contribution in [3.8, 4) is 17.9 Å². The molecule has 1 rings (SSSR count). The molecule has 0 atom stereocenters. The predicted molar refractivity (Wildman–Crippen MR) is 74.2 cm³/mol. The fourth-order valence-electron chi connectivity index (χ4n) is 1.63. The molecular weight excluding hydrogens is 313 g/mol. The Labute approximate surface area is 130 Å². The highest BCUT2D eigenvalue weighted by Gasteiger charge is 2.30. The lowest BCUT2D eigenvalue weighted by Crippen LogP contribution is -2.36. The summed E-state index contributed by atoms with van der Waals surface area (Å²) in [6, 6.07) is 7.89. The highest BCUT2D eigenvalue weighted by molar-refractivity contribution is 5.89.